The fraction of sp³-hybridized carbons (Fsp3) is 0.929. The Hall–Kier alpha value is -0.0700. The van der Waals surface area contributed by atoms with Gasteiger partial charge in [-0.2, -0.15) is 0 Å². The summed E-state index contributed by atoms with van der Waals surface area (Å²) in [7, 11) is 0. The van der Waals surface area contributed by atoms with E-state index in [9.17, 15) is 9.90 Å². The summed E-state index contributed by atoms with van der Waals surface area (Å²) < 4.78 is 0. The van der Waals surface area contributed by atoms with Crippen LogP contribution in [0.5, 0.6) is 0 Å². The van der Waals surface area contributed by atoms with Crippen molar-refractivity contribution in [2.24, 2.45) is 5.92 Å². The van der Waals surface area contributed by atoms with E-state index in [1.807, 2.05) is 4.90 Å². The molecule has 0 aromatic rings. The lowest BCUT2D eigenvalue weighted by molar-refractivity contribution is -0.139. The van der Waals surface area contributed by atoms with Crippen LogP contribution in [-0.4, -0.2) is 60.3 Å². The number of carbonyl (C=O) groups is 1. The number of β-amino-alcohol motifs (C(OH)–C–C–N with tert-alkyl or cyclic N) is 1. The number of nitrogens with zero attached hydrogens (tertiary/aromatic N) is 1. The molecule has 2 saturated heterocycles. The van der Waals surface area contributed by atoms with Gasteiger partial charge < -0.3 is 20.6 Å². The van der Waals surface area contributed by atoms with Crippen molar-refractivity contribution in [3.05, 3.63) is 0 Å². The molecule has 21 heavy (non-hydrogen) atoms. The summed E-state index contributed by atoms with van der Waals surface area (Å²) in [6.07, 6.45) is 5.17. The van der Waals surface area contributed by atoms with E-state index in [0.717, 1.165) is 45.3 Å². The van der Waals surface area contributed by atoms with Gasteiger partial charge in [0.1, 0.15) is 0 Å². The summed E-state index contributed by atoms with van der Waals surface area (Å²) in [5.41, 5.74) is 0. The summed E-state index contributed by atoms with van der Waals surface area (Å²) in [4.78, 5) is 14.2. The van der Waals surface area contributed by atoms with Crippen LogP contribution in [0.3, 0.4) is 0 Å². The van der Waals surface area contributed by atoms with Crippen LogP contribution in [0.25, 0.3) is 0 Å². The van der Waals surface area contributed by atoms with Crippen LogP contribution < -0.4 is 10.6 Å². The van der Waals surface area contributed by atoms with Gasteiger partial charge in [0.05, 0.1) is 6.10 Å². The molecule has 1 amide bonds. The van der Waals surface area contributed by atoms with Crippen LogP contribution in [-0.2, 0) is 4.79 Å². The van der Waals surface area contributed by atoms with E-state index in [4.69, 9.17) is 0 Å². The Labute approximate surface area is 139 Å². The normalized spacial score (nSPS) is 30.2. The Kier molecular flexibility index (Phi) is 7.71. The standard InChI is InChI=1S/C14H25N3O2.2ClH/c18-13-9-15-8-12(13)16-11-4-6-17(7-5-11)14(19)10-2-1-3-10;;/h10-13,15-16,18H,1-9H2;2*1H/t12-,13-;;/m1../s1. The highest BCUT2D eigenvalue weighted by Crippen LogP contribution is 2.29. The maximum Gasteiger partial charge on any atom is 0.225 e. The maximum absolute atomic E-state index is 12.1. The minimum absolute atomic E-state index is 0. The number of hydrogen-bond acceptors (Lipinski definition) is 4. The summed E-state index contributed by atoms with van der Waals surface area (Å²) in [6, 6.07) is 0.629. The van der Waals surface area contributed by atoms with Gasteiger partial charge in [-0.25, -0.2) is 0 Å². The Morgan fingerprint density at radius 3 is 2.24 bits per heavy atom. The Morgan fingerprint density at radius 2 is 1.76 bits per heavy atom. The third kappa shape index (κ3) is 4.45. The maximum atomic E-state index is 12.1. The molecule has 2 atom stereocenters. The van der Waals surface area contributed by atoms with Crippen LogP contribution in [0.4, 0.5) is 0 Å². The van der Waals surface area contributed by atoms with E-state index in [-0.39, 0.29) is 37.0 Å². The first-order valence-corrected chi connectivity index (χ1v) is 7.67. The molecule has 3 N–H and O–H groups in total. The Balaban J connectivity index is 0.00000110. The molecule has 2 heterocycles. The van der Waals surface area contributed by atoms with Crippen LogP contribution >= 0.6 is 24.8 Å². The van der Waals surface area contributed by atoms with Gasteiger partial charge in [-0.3, -0.25) is 4.79 Å². The first-order chi connectivity index (χ1) is 9.24. The lowest BCUT2D eigenvalue weighted by atomic mass is 9.84. The molecule has 1 saturated carbocycles. The number of nitrogens with one attached hydrogen (secondary N) is 2. The van der Waals surface area contributed by atoms with Crippen LogP contribution in [0.15, 0.2) is 0 Å². The molecule has 0 bridgehead atoms. The molecular weight excluding hydrogens is 313 g/mol. The third-order valence-electron chi connectivity index (χ3n) is 4.89. The summed E-state index contributed by atoms with van der Waals surface area (Å²) in [6.45, 7) is 3.30. The molecule has 3 fully saturated rings. The van der Waals surface area contributed by atoms with E-state index in [1.54, 1.807) is 0 Å². The quantitative estimate of drug-likeness (QED) is 0.702. The summed E-state index contributed by atoms with van der Waals surface area (Å²) >= 11 is 0. The minimum Gasteiger partial charge on any atom is -0.390 e. The second-order valence-corrected chi connectivity index (χ2v) is 6.23. The monoisotopic (exact) mass is 339 g/mol. The summed E-state index contributed by atoms with van der Waals surface area (Å²) in [5, 5.41) is 16.5. The SMILES string of the molecule is Cl.Cl.O=C(C1CCC1)N1CCC(N[C@@H]2CNC[C@H]2O)CC1. The zero-order valence-corrected chi connectivity index (χ0v) is 13.9. The Bertz CT molecular complexity index is 334. The van der Waals surface area contributed by atoms with E-state index >= 15 is 0 Å². The number of aliphatic hydroxyl groups excluding tert-OH is 1. The van der Waals surface area contributed by atoms with E-state index < -0.39 is 0 Å². The number of carbonyl (C=O) groups excluding carboxylic acids is 1. The van der Waals surface area contributed by atoms with Gasteiger partial charge in [-0.15, -0.1) is 24.8 Å². The van der Waals surface area contributed by atoms with Crippen molar-refractivity contribution in [1.29, 1.82) is 0 Å². The van der Waals surface area contributed by atoms with Gasteiger partial charge in [0.2, 0.25) is 5.91 Å². The fourth-order valence-electron chi connectivity index (χ4n) is 3.32. The van der Waals surface area contributed by atoms with E-state index in [2.05, 4.69) is 10.6 Å². The molecule has 0 radical (unpaired) electrons. The number of piperidine rings is 1. The van der Waals surface area contributed by atoms with Crippen molar-refractivity contribution >= 4 is 30.7 Å². The molecule has 1 aliphatic carbocycles. The first kappa shape index (κ1) is 19.0. The second kappa shape index (κ2) is 8.53. The molecular formula is C14H27Cl2N3O2. The smallest absolute Gasteiger partial charge is 0.225 e. The molecule has 124 valence electrons. The van der Waals surface area contributed by atoms with Crippen LogP contribution in [0.2, 0.25) is 0 Å². The highest BCUT2D eigenvalue weighted by atomic mass is 35.5. The molecule has 0 aromatic heterocycles. The van der Waals surface area contributed by atoms with Crippen LogP contribution in [0.1, 0.15) is 32.1 Å². The predicted molar refractivity (Wildman–Crippen MR) is 87.2 cm³/mol. The minimum atomic E-state index is -0.269. The molecule has 2 aliphatic heterocycles. The van der Waals surface area contributed by atoms with Crippen molar-refractivity contribution in [3.63, 3.8) is 0 Å². The third-order valence-corrected chi connectivity index (χ3v) is 4.89. The van der Waals surface area contributed by atoms with Gasteiger partial charge >= 0.3 is 0 Å². The van der Waals surface area contributed by atoms with Gasteiger partial charge in [0, 0.05) is 44.2 Å². The van der Waals surface area contributed by atoms with E-state index in [0.29, 0.717) is 24.4 Å². The van der Waals surface area contributed by atoms with Crippen molar-refractivity contribution in [2.75, 3.05) is 26.2 Å². The van der Waals surface area contributed by atoms with Gasteiger partial charge in [0.15, 0.2) is 0 Å². The molecule has 3 rings (SSSR count). The van der Waals surface area contributed by atoms with Crippen LogP contribution in [0, 0.1) is 5.92 Å². The lowest BCUT2D eigenvalue weighted by Crippen LogP contribution is -2.52. The molecule has 3 aliphatic rings. The van der Waals surface area contributed by atoms with Crippen molar-refractivity contribution in [1.82, 2.24) is 15.5 Å². The van der Waals surface area contributed by atoms with Crippen molar-refractivity contribution < 1.29 is 9.90 Å². The number of rotatable bonds is 3. The van der Waals surface area contributed by atoms with Gasteiger partial charge in [0.25, 0.3) is 0 Å². The molecule has 0 unspecified atom stereocenters. The summed E-state index contributed by atoms with van der Waals surface area (Å²) in [5.74, 6) is 0.706. The molecule has 5 nitrogen and oxygen atoms in total. The predicted octanol–water partition coefficient (Wildman–Crippen LogP) is 0.543. The fourth-order valence-corrected chi connectivity index (χ4v) is 3.32. The average molecular weight is 340 g/mol. The molecule has 0 aromatic carbocycles. The lowest BCUT2D eigenvalue weighted by Gasteiger charge is -2.37. The number of likely N-dealkylation sites (tertiary alicyclic amines) is 1. The number of halogens is 2. The topological polar surface area (TPSA) is 64.6 Å². The first-order valence-electron chi connectivity index (χ1n) is 7.67. The number of aliphatic hydroxyl groups is 1. The van der Waals surface area contributed by atoms with Crippen molar-refractivity contribution in [3.8, 4) is 0 Å². The highest BCUT2D eigenvalue weighted by molar-refractivity contribution is 5.85. The Morgan fingerprint density at radius 1 is 1.10 bits per heavy atom. The number of amides is 1. The largest absolute Gasteiger partial charge is 0.390 e. The molecule has 7 heteroatoms. The number of hydrogen-bond donors (Lipinski definition) is 3. The second-order valence-electron chi connectivity index (χ2n) is 6.23. The highest BCUT2D eigenvalue weighted by Gasteiger charge is 2.33. The average Bonchev–Trinajstić information content (AvgIpc) is 2.74. The zero-order chi connectivity index (χ0) is 13.2. The van der Waals surface area contributed by atoms with Gasteiger partial charge in [-0.1, -0.05) is 6.42 Å². The van der Waals surface area contributed by atoms with Gasteiger partial charge in [-0.05, 0) is 25.7 Å². The van der Waals surface area contributed by atoms with Crippen molar-refractivity contribution in [2.45, 2.75) is 50.3 Å². The zero-order valence-electron chi connectivity index (χ0n) is 12.3. The van der Waals surface area contributed by atoms with E-state index in [1.165, 1.54) is 6.42 Å². The molecule has 0 spiro atoms.